The molecule has 138 valence electrons. The molecule has 0 radical (unpaired) electrons. The lowest BCUT2D eigenvalue weighted by molar-refractivity contribution is -0.134. The Morgan fingerprint density at radius 3 is 2.50 bits per heavy atom. The molecule has 26 heavy (non-hydrogen) atoms. The zero-order chi connectivity index (χ0) is 19.6. The van der Waals surface area contributed by atoms with E-state index < -0.39 is 57.4 Å². The van der Waals surface area contributed by atoms with Crippen LogP contribution in [0, 0.1) is 17.1 Å². The lowest BCUT2D eigenvalue weighted by atomic mass is 10.2. The number of nitrogens with one attached hydrogen (secondary N) is 1. The van der Waals surface area contributed by atoms with E-state index in [2.05, 4.69) is 0 Å². The number of alkyl halides is 5. The molecule has 0 aliphatic rings. The lowest BCUT2D eigenvalue weighted by Crippen LogP contribution is -2.26. The van der Waals surface area contributed by atoms with Gasteiger partial charge < -0.3 is 9.88 Å². The van der Waals surface area contributed by atoms with Gasteiger partial charge in [0, 0.05) is 12.3 Å². The molecule has 2 aromatic heterocycles. The molecule has 0 aliphatic heterocycles. The van der Waals surface area contributed by atoms with Gasteiger partial charge in [-0.2, -0.15) is 18.4 Å². The van der Waals surface area contributed by atoms with Gasteiger partial charge in [-0.25, -0.2) is 13.2 Å². The normalized spacial score (nSPS) is 11.5. The van der Waals surface area contributed by atoms with Gasteiger partial charge in [-0.1, -0.05) is 0 Å². The van der Waals surface area contributed by atoms with Crippen LogP contribution in [-0.4, -0.2) is 16.9 Å². The van der Waals surface area contributed by atoms with E-state index in [9.17, 15) is 35.9 Å². The van der Waals surface area contributed by atoms with Gasteiger partial charge in [0.25, 0.3) is 17.9 Å². The number of rotatable bonds is 4. The first-order chi connectivity index (χ1) is 12.0. The maximum absolute atomic E-state index is 13.5. The van der Waals surface area contributed by atoms with Gasteiger partial charge in [0.15, 0.2) is 5.82 Å². The Hall–Kier alpha value is -2.81. The van der Waals surface area contributed by atoms with Gasteiger partial charge in [-0.15, -0.1) is 11.3 Å². The molecule has 1 amide bonds. The number of halogens is 6. The first-order valence-corrected chi connectivity index (χ1v) is 7.45. The number of nitrogens with zero attached hydrogens (tertiary/aromatic N) is 2. The van der Waals surface area contributed by atoms with Crippen LogP contribution in [-0.2, 0) is 12.7 Å². The van der Waals surface area contributed by atoms with E-state index in [0.717, 1.165) is 6.20 Å². The minimum absolute atomic E-state index is 0.00125. The molecule has 0 fully saturated rings. The van der Waals surface area contributed by atoms with Crippen molar-refractivity contribution in [1.29, 1.82) is 5.26 Å². The number of nitriles is 1. The molecule has 0 atom stereocenters. The SMILES string of the molecule is N#Cc1cc(C(=O)Nc2cc(F)c(=O)n(CC(F)F)c2)sc1C(F)(F)F. The predicted octanol–water partition coefficient (Wildman–Crippen LogP) is 3.46. The molecular formula is C14H7F6N3O2S. The zero-order valence-electron chi connectivity index (χ0n) is 12.4. The Morgan fingerprint density at radius 1 is 1.35 bits per heavy atom. The average molecular weight is 395 g/mol. The van der Waals surface area contributed by atoms with E-state index >= 15 is 0 Å². The largest absolute Gasteiger partial charge is 0.426 e. The third-order valence-corrected chi connectivity index (χ3v) is 4.15. The van der Waals surface area contributed by atoms with Gasteiger partial charge in [-0.05, 0) is 6.07 Å². The number of thiophene rings is 1. The van der Waals surface area contributed by atoms with E-state index in [-0.39, 0.29) is 11.3 Å². The summed E-state index contributed by atoms with van der Waals surface area (Å²) in [5.74, 6) is -2.55. The van der Waals surface area contributed by atoms with Gasteiger partial charge in [-0.3, -0.25) is 9.59 Å². The summed E-state index contributed by atoms with van der Waals surface area (Å²) in [7, 11) is 0. The van der Waals surface area contributed by atoms with Crippen LogP contribution in [0.25, 0.3) is 0 Å². The molecule has 0 aromatic carbocycles. The molecule has 0 unspecified atom stereocenters. The molecule has 2 heterocycles. The summed E-state index contributed by atoms with van der Waals surface area (Å²) < 4.78 is 76.9. The van der Waals surface area contributed by atoms with Crippen molar-refractivity contribution in [2.75, 3.05) is 5.32 Å². The van der Waals surface area contributed by atoms with Gasteiger partial charge in [0.2, 0.25) is 0 Å². The van der Waals surface area contributed by atoms with Crippen molar-refractivity contribution < 1.29 is 31.1 Å². The molecule has 12 heteroatoms. The van der Waals surface area contributed by atoms with Crippen LogP contribution in [0.5, 0.6) is 0 Å². The maximum Gasteiger partial charge on any atom is 0.426 e. The summed E-state index contributed by atoms with van der Waals surface area (Å²) in [5.41, 5.74) is -2.51. The minimum atomic E-state index is -4.84. The topological polar surface area (TPSA) is 74.9 Å². The van der Waals surface area contributed by atoms with E-state index in [0.29, 0.717) is 16.7 Å². The fraction of sp³-hybridized carbons (Fsp3) is 0.214. The first-order valence-electron chi connectivity index (χ1n) is 6.63. The minimum Gasteiger partial charge on any atom is -0.320 e. The van der Waals surface area contributed by atoms with Crippen LogP contribution in [0.15, 0.2) is 23.1 Å². The molecule has 0 aliphatic carbocycles. The van der Waals surface area contributed by atoms with Crippen molar-refractivity contribution in [3.8, 4) is 6.07 Å². The third kappa shape index (κ3) is 4.23. The highest BCUT2D eigenvalue weighted by molar-refractivity contribution is 7.14. The quantitative estimate of drug-likeness (QED) is 0.806. The number of amides is 1. The van der Waals surface area contributed by atoms with Crippen molar-refractivity contribution in [2.24, 2.45) is 0 Å². The molecular weight excluding hydrogens is 388 g/mol. The Kier molecular flexibility index (Phi) is 5.41. The van der Waals surface area contributed by atoms with Crippen LogP contribution in [0.3, 0.4) is 0 Å². The second-order valence-electron chi connectivity index (χ2n) is 4.84. The number of pyridine rings is 1. The smallest absolute Gasteiger partial charge is 0.320 e. The molecule has 0 bridgehead atoms. The summed E-state index contributed by atoms with van der Waals surface area (Å²) >= 11 is -0.00125. The number of hydrogen-bond acceptors (Lipinski definition) is 4. The van der Waals surface area contributed by atoms with Gasteiger partial charge >= 0.3 is 6.18 Å². The van der Waals surface area contributed by atoms with Crippen molar-refractivity contribution in [2.45, 2.75) is 19.1 Å². The highest BCUT2D eigenvalue weighted by Crippen LogP contribution is 2.38. The van der Waals surface area contributed by atoms with Crippen LogP contribution < -0.4 is 10.9 Å². The van der Waals surface area contributed by atoms with E-state index in [4.69, 9.17) is 5.26 Å². The van der Waals surface area contributed by atoms with E-state index in [1.54, 1.807) is 0 Å². The van der Waals surface area contributed by atoms with Crippen molar-refractivity contribution >= 4 is 22.9 Å². The van der Waals surface area contributed by atoms with Crippen molar-refractivity contribution in [3.05, 3.63) is 49.8 Å². The second kappa shape index (κ2) is 7.20. The number of carbonyl (C=O) groups excluding carboxylic acids is 1. The second-order valence-corrected chi connectivity index (χ2v) is 5.89. The van der Waals surface area contributed by atoms with Crippen LogP contribution in [0.2, 0.25) is 0 Å². The van der Waals surface area contributed by atoms with Crippen molar-refractivity contribution in [3.63, 3.8) is 0 Å². The Labute approximate surface area is 145 Å². The van der Waals surface area contributed by atoms with Crippen molar-refractivity contribution in [1.82, 2.24) is 4.57 Å². The van der Waals surface area contributed by atoms with E-state index in [1.807, 2.05) is 5.32 Å². The standard InChI is InChI=1S/C14H7F6N3O2S/c15-8-2-7(4-23(13(8)25)5-10(16)17)22-12(24)9-1-6(3-21)11(26-9)14(18,19)20/h1-2,4,10H,5H2,(H,22,24). The van der Waals surface area contributed by atoms with Gasteiger partial charge in [0.1, 0.15) is 10.9 Å². The number of hydrogen-bond donors (Lipinski definition) is 1. The Balaban J connectivity index is 2.34. The zero-order valence-corrected chi connectivity index (χ0v) is 13.2. The lowest BCUT2D eigenvalue weighted by Gasteiger charge is -2.09. The number of aromatic nitrogens is 1. The fourth-order valence-electron chi connectivity index (χ4n) is 1.94. The molecule has 0 saturated heterocycles. The van der Waals surface area contributed by atoms with Crippen LogP contribution in [0.1, 0.15) is 20.1 Å². The highest BCUT2D eigenvalue weighted by Gasteiger charge is 2.37. The Morgan fingerprint density at radius 2 is 2.00 bits per heavy atom. The predicted molar refractivity (Wildman–Crippen MR) is 78.7 cm³/mol. The summed E-state index contributed by atoms with van der Waals surface area (Å²) in [6.07, 6.45) is -7.08. The molecule has 0 saturated carbocycles. The molecule has 1 N–H and O–H groups in total. The maximum atomic E-state index is 13.5. The van der Waals surface area contributed by atoms with Crippen LogP contribution in [0.4, 0.5) is 32.0 Å². The van der Waals surface area contributed by atoms with Crippen LogP contribution >= 0.6 is 11.3 Å². The summed E-state index contributed by atoms with van der Waals surface area (Å²) in [6.45, 7) is -1.13. The first kappa shape index (κ1) is 19.5. The highest BCUT2D eigenvalue weighted by atomic mass is 32.1. The Bertz CT molecular complexity index is 942. The summed E-state index contributed by atoms with van der Waals surface area (Å²) in [5, 5.41) is 10.7. The molecule has 2 aromatic rings. The summed E-state index contributed by atoms with van der Waals surface area (Å²) in [6, 6.07) is 2.56. The van der Waals surface area contributed by atoms with Gasteiger partial charge in [0.05, 0.1) is 22.7 Å². The number of anilines is 1. The molecule has 2 rings (SSSR count). The summed E-state index contributed by atoms with van der Waals surface area (Å²) in [4.78, 5) is 21.6. The molecule has 5 nitrogen and oxygen atoms in total. The fourth-order valence-corrected chi connectivity index (χ4v) is 2.81. The number of carbonyl (C=O) groups is 1. The molecule has 0 spiro atoms. The van der Waals surface area contributed by atoms with E-state index in [1.165, 1.54) is 6.07 Å². The third-order valence-electron chi connectivity index (χ3n) is 2.97. The monoisotopic (exact) mass is 395 g/mol. The average Bonchev–Trinajstić information content (AvgIpc) is 2.96.